The van der Waals surface area contributed by atoms with Gasteiger partial charge in [0.05, 0.1) is 24.6 Å². The van der Waals surface area contributed by atoms with E-state index in [1.165, 1.54) is 0 Å². The Kier molecular flexibility index (Phi) is 8.95. The number of hydrogen-bond acceptors (Lipinski definition) is 14. The van der Waals surface area contributed by atoms with Crippen molar-refractivity contribution in [2.45, 2.75) is 6.42 Å². The van der Waals surface area contributed by atoms with Crippen molar-refractivity contribution in [3.8, 4) is 57.5 Å². The fourth-order valence-electron chi connectivity index (χ4n) is 6.63. The molecule has 14 heteroatoms. The van der Waals surface area contributed by atoms with Crippen molar-refractivity contribution in [2.24, 2.45) is 0 Å². The van der Waals surface area contributed by atoms with Crippen LogP contribution in [0.2, 0.25) is 0 Å². The molecule has 0 atom stereocenters. The van der Waals surface area contributed by atoms with Crippen LogP contribution in [-0.2, 0) is 0 Å². The van der Waals surface area contributed by atoms with Crippen LogP contribution in [0.5, 0.6) is 57.5 Å². The molecule has 0 unspecified atom stereocenters. The molecule has 4 N–H and O–H groups in total. The van der Waals surface area contributed by atoms with Gasteiger partial charge in [0.15, 0.2) is 46.0 Å². The summed E-state index contributed by atoms with van der Waals surface area (Å²) in [5, 5.41) is 13.9. The summed E-state index contributed by atoms with van der Waals surface area (Å²) in [6.07, 6.45) is 0.612. The molecule has 57 heavy (non-hydrogen) atoms. The van der Waals surface area contributed by atoms with Crippen molar-refractivity contribution in [1.29, 1.82) is 0 Å². The minimum absolute atomic E-state index is 0.197. The van der Waals surface area contributed by atoms with Gasteiger partial charge in [-0.05, 0) is 84.9 Å². The Labute approximate surface area is 327 Å². The normalized spacial score (nSPS) is 13.6. The molecule has 6 aromatic rings. The Bertz CT molecular complexity index is 2290. The quantitative estimate of drug-likeness (QED) is 0.0782. The third kappa shape index (κ3) is 7.48. The highest BCUT2D eigenvalue weighted by Gasteiger charge is 2.18. The second-order valence-electron chi connectivity index (χ2n) is 13.2. The predicted molar refractivity (Wildman–Crippen MR) is 212 cm³/mol. The molecular weight excluding hydrogens is 732 g/mol. The lowest BCUT2D eigenvalue weighted by Gasteiger charge is -2.17. The highest BCUT2D eigenvalue weighted by Crippen LogP contribution is 2.41. The minimum Gasteiger partial charge on any atom is -0.491 e. The molecule has 0 amide bonds. The number of benzene rings is 6. The molecule has 0 spiro atoms. The van der Waals surface area contributed by atoms with E-state index in [1.54, 1.807) is 0 Å². The van der Waals surface area contributed by atoms with Crippen LogP contribution >= 0.6 is 0 Å². The molecule has 288 valence electrons. The molecule has 0 bridgehead atoms. The number of rotatable bonds is 14. The average molecular weight is 769 g/mol. The van der Waals surface area contributed by atoms with Gasteiger partial charge < -0.3 is 68.6 Å². The van der Waals surface area contributed by atoms with Gasteiger partial charge in [-0.3, -0.25) is 0 Å². The van der Waals surface area contributed by atoms with Crippen molar-refractivity contribution in [1.82, 2.24) is 0 Å². The first-order valence-electron chi connectivity index (χ1n) is 18.4. The average Bonchev–Trinajstić information content (AvgIpc) is 4.06. The summed E-state index contributed by atoms with van der Waals surface area (Å²) in [5.41, 5.74) is 6.62. The summed E-state index contributed by atoms with van der Waals surface area (Å²) in [7, 11) is 0. The second kappa shape index (κ2) is 15.0. The zero-order valence-corrected chi connectivity index (χ0v) is 30.4. The smallest absolute Gasteiger partial charge is 0.231 e. The zero-order chi connectivity index (χ0) is 38.0. The van der Waals surface area contributed by atoms with Gasteiger partial charge in [0.1, 0.15) is 11.5 Å². The van der Waals surface area contributed by atoms with Crippen LogP contribution in [0, 0.1) is 0 Å². The van der Waals surface area contributed by atoms with Crippen LogP contribution in [0.3, 0.4) is 0 Å². The van der Waals surface area contributed by atoms with Crippen LogP contribution in [0.4, 0.5) is 45.5 Å². The van der Waals surface area contributed by atoms with Crippen LogP contribution in [0.1, 0.15) is 6.42 Å². The zero-order valence-electron chi connectivity index (χ0n) is 30.4. The molecule has 10 rings (SSSR count). The lowest BCUT2D eigenvalue weighted by atomic mass is 10.2. The van der Waals surface area contributed by atoms with Crippen LogP contribution in [-0.4, -0.2) is 40.4 Å². The number of anilines is 8. The highest BCUT2D eigenvalue weighted by molar-refractivity contribution is 5.76. The van der Waals surface area contributed by atoms with E-state index in [2.05, 4.69) is 21.3 Å². The maximum atomic E-state index is 6.36. The van der Waals surface area contributed by atoms with Gasteiger partial charge >= 0.3 is 0 Å². The predicted octanol–water partition coefficient (Wildman–Crippen LogP) is 9.42. The van der Waals surface area contributed by atoms with Crippen molar-refractivity contribution >= 4 is 45.5 Å². The largest absolute Gasteiger partial charge is 0.491 e. The molecule has 0 saturated carbocycles. The number of fused-ring (bicyclic) bond motifs is 4. The summed E-state index contributed by atoms with van der Waals surface area (Å²) in [4.78, 5) is 0. The lowest BCUT2D eigenvalue weighted by molar-refractivity contribution is 0.173. The van der Waals surface area contributed by atoms with Gasteiger partial charge in [-0.2, -0.15) is 0 Å². The number of hydrogen-bond donors (Lipinski definition) is 4. The van der Waals surface area contributed by atoms with E-state index in [4.69, 9.17) is 47.4 Å². The molecule has 4 aliphatic heterocycles. The first kappa shape index (κ1) is 34.0. The van der Waals surface area contributed by atoms with Crippen LogP contribution < -0.4 is 68.6 Å². The molecule has 6 aromatic carbocycles. The fourth-order valence-corrected chi connectivity index (χ4v) is 6.63. The Hall–Kier alpha value is -7.48. The molecule has 0 aliphatic carbocycles. The van der Waals surface area contributed by atoms with Crippen LogP contribution in [0.25, 0.3) is 0 Å². The summed E-state index contributed by atoms with van der Waals surface area (Å²) >= 11 is 0. The maximum absolute atomic E-state index is 6.36. The van der Waals surface area contributed by atoms with Crippen molar-refractivity contribution in [3.63, 3.8) is 0 Å². The molecule has 0 aromatic heterocycles. The first-order valence-corrected chi connectivity index (χ1v) is 18.4. The maximum Gasteiger partial charge on any atom is 0.231 e. The van der Waals surface area contributed by atoms with Gasteiger partial charge in [0, 0.05) is 64.8 Å². The monoisotopic (exact) mass is 768 g/mol. The Morgan fingerprint density at radius 3 is 1.00 bits per heavy atom. The van der Waals surface area contributed by atoms with Gasteiger partial charge in [-0.15, -0.1) is 0 Å². The summed E-state index contributed by atoms with van der Waals surface area (Å²) in [6, 6.07) is 34.7. The van der Waals surface area contributed by atoms with Crippen molar-refractivity contribution < 1.29 is 47.4 Å². The SMILES string of the molecule is c1cc(OCCCOc2ccc(Nc3ccc4c(c3)OCO4)cc2Nc2ccc3c(c2)OCO3)c(Nc2ccc3c(c2)OCO3)cc1Nc1ccc2c(c1)OCO2. The second-order valence-corrected chi connectivity index (χ2v) is 13.2. The molecule has 0 radical (unpaired) electrons. The lowest BCUT2D eigenvalue weighted by Crippen LogP contribution is -2.07. The number of ether oxygens (including phenoxy) is 10. The van der Waals surface area contributed by atoms with Crippen molar-refractivity contribution in [3.05, 3.63) is 109 Å². The highest BCUT2D eigenvalue weighted by atomic mass is 16.7. The number of nitrogens with one attached hydrogen (secondary N) is 4. The van der Waals surface area contributed by atoms with E-state index in [0.29, 0.717) is 65.6 Å². The fraction of sp³-hybridized carbons (Fsp3) is 0.163. The van der Waals surface area contributed by atoms with E-state index >= 15 is 0 Å². The van der Waals surface area contributed by atoms with E-state index in [1.807, 2.05) is 109 Å². The molecule has 14 nitrogen and oxygen atoms in total. The molecule has 4 aliphatic rings. The van der Waals surface area contributed by atoms with Gasteiger partial charge in [0.25, 0.3) is 0 Å². The Morgan fingerprint density at radius 2 is 0.632 bits per heavy atom. The topological polar surface area (TPSA) is 140 Å². The molecule has 4 heterocycles. The van der Waals surface area contributed by atoms with Crippen molar-refractivity contribution in [2.75, 3.05) is 61.7 Å². The van der Waals surface area contributed by atoms with Gasteiger partial charge in [-0.25, -0.2) is 0 Å². The summed E-state index contributed by atoms with van der Waals surface area (Å²) in [5.74, 6) is 6.97. The van der Waals surface area contributed by atoms with Crippen LogP contribution in [0.15, 0.2) is 109 Å². The van der Waals surface area contributed by atoms with E-state index in [-0.39, 0.29) is 27.2 Å². The Morgan fingerprint density at radius 1 is 0.333 bits per heavy atom. The third-order valence-electron chi connectivity index (χ3n) is 9.39. The van der Waals surface area contributed by atoms with Gasteiger partial charge in [0.2, 0.25) is 27.2 Å². The Balaban J connectivity index is 0.830. The summed E-state index contributed by atoms with van der Waals surface area (Å²) < 4.78 is 57.0. The first-order chi connectivity index (χ1) is 28.1. The standard InChI is InChI=1S/C43H36N4O10/c1(14-48-34-8-2-26(44-28-4-10-36-40(18-28)54-22-50-36)16-32(34)46-30-6-12-38-42(20-30)56-24-52-38)15-49-35-9-3-27(45-29-5-11-37-41(19-29)55-23-51-37)17-33(35)47-31-7-13-39-43(21-31)57-25-53-39/h2-13,16-21,44-47H,1,14-15,22-25H2. The summed E-state index contributed by atoms with van der Waals surface area (Å²) in [6.45, 7) is 1.63. The molecule has 0 saturated heterocycles. The van der Waals surface area contributed by atoms with E-state index < -0.39 is 0 Å². The molecule has 0 fully saturated rings. The van der Waals surface area contributed by atoms with Gasteiger partial charge in [-0.1, -0.05) is 0 Å². The van der Waals surface area contributed by atoms with E-state index in [0.717, 1.165) is 57.0 Å². The minimum atomic E-state index is 0.197. The third-order valence-corrected chi connectivity index (χ3v) is 9.39. The van der Waals surface area contributed by atoms with E-state index in [9.17, 15) is 0 Å². The molecular formula is C43H36N4O10.